The zero-order valence-electron chi connectivity index (χ0n) is 19.9. The van der Waals surface area contributed by atoms with Crippen LogP contribution in [-0.4, -0.2) is 49.2 Å². The lowest BCUT2D eigenvalue weighted by atomic mass is 9.78. The molecule has 34 heavy (non-hydrogen) atoms. The third-order valence-corrected chi connectivity index (χ3v) is 7.03. The van der Waals surface area contributed by atoms with E-state index < -0.39 is 17.3 Å². The van der Waals surface area contributed by atoms with E-state index in [1.807, 2.05) is 48.2 Å². The van der Waals surface area contributed by atoms with E-state index in [4.69, 9.17) is 21.1 Å². The van der Waals surface area contributed by atoms with Crippen molar-refractivity contribution >= 4 is 23.6 Å². The van der Waals surface area contributed by atoms with E-state index in [9.17, 15) is 9.59 Å². The molecule has 1 spiro atoms. The van der Waals surface area contributed by atoms with Crippen molar-refractivity contribution in [2.75, 3.05) is 26.7 Å². The summed E-state index contributed by atoms with van der Waals surface area (Å²) < 4.78 is 17.6. The largest absolute Gasteiger partial charge is 0.455 e. The minimum atomic E-state index is -0.678. The van der Waals surface area contributed by atoms with Gasteiger partial charge in [-0.3, -0.25) is 4.79 Å². The quantitative estimate of drug-likeness (QED) is 0.430. The molecule has 0 aromatic heterocycles. The minimum Gasteiger partial charge on any atom is -0.455 e. The third-order valence-electron chi connectivity index (χ3n) is 6.74. The molecular formula is C26H31ClN2O5. The maximum absolute atomic E-state index is 12.2. The van der Waals surface area contributed by atoms with Gasteiger partial charge in [0.1, 0.15) is 17.0 Å². The molecule has 2 saturated heterocycles. The highest BCUT2D eigenvalue weighted by Gasteiger charge is 2.71. The van der Waals surface area contributed by atoms with Crippen LogP contribution in [0.25, 0.3) is 0 Å². The molecule has 2 heterocycles. The zero-order chi connectivity index (χ0) is 24.3. The molecule has 0 bridgehead atoms. The average Bonchev–Trinajstić information content (AvgIpc) is 3.43. The Morgan fingerprint density at radius 3 is 2.76 bits per heavy atom. The summed E-state index contributed by atoms with van der Waals surface area (Å²) in [7, 11) is 1.34. The van der Waals surface area contributed by atoms with E-state index in [2.05, 4.69) is 10.1 Å². The number of carbonyl (C=O) groups excluding carboxylic acids is 2. The fraction of sp³-hybridized carbons (Fsp3) is 0.462. The van der Waals surface area contributed by atoms with Crippen LogP contribution in [0.5, 0.6) is 11.5 Å². The molecule has 7 nitrogen and oxygen atoms in total. The van der Waals surface area contributed by atoms with Gasteiger partial charge in [0.15, 0.2) is 5.75 Å². The van der Waals surface area contributed by atoms with Crippen LogP contribution in [0.1, 0.15) is 43.7 Å². The van der Waals surface area contributed by atoms with Crippen molar-refractivity contribution in [2.45, 2.75) is 50.7 Å². The first-order valence-corrected chi connectivity index (χ1v) is 12.0. The third kappa shape index (κ3) is 4.72. The van der Waals surface area contributed by atoms with Gasteiger partial charge < -0.3 is 24.4 Å². The summed E-state index contributed by atoms with van der Waals surface area (Å²) in [6, 6.07) is 13.5. The molecule has 2 aliphatic rings. The molecule has 0 unspecified atom stereocenters. The van der Waals surface area contributed by atoms with Crippen LogP contribution in [-0.2, 0) is 19.9 Å². The van der Waals surface area contributed by atoms with Crippen LogP contribution < -0.4 is 10.1 Å². The van der Waals surface area contributed by atoms with Crippen molar-refractivity contribution in [3.8, 4) is 11.5 Å². The first-order chi connectivity index (χ1) is 16.3. The Balaban J connectivity index is 1.68. The second kappa shape index (κ2) is 9.84. The molecule has 2 amide bonds. The van der Waals surface area contributed by atoms with Gasteiger partial charge in [-0.05, 0) is 56.4 Å². The number of halogens is 1. The molecule has 2 aliphatic heterocycles. The van der Waals surface area contributed by atoms with Crippen LogP contribution in [0.4, 0.5) is 4.79 Å². The van der Waals surface area contributed by atoms with Crippen LogP contribution in [0.2, 0.25) is 5.02 Å². The SMILES string of the molecule is COC(=O)NCCC[C@]1(c2cccc(Cl)c2Oc2cccc(C)c2)O[C@@]12CCCN(C(C)=O)C2. The predicted octanol–water partition coefficient (Wildman–Crippen LogP) is 5.18. The van der Waals surface area contributed by atoms with E-state index in [1.165, 1.54) is 7.11 Å². The average molecular weight is 487 g/mol. The number of alkyl carbamates (subject to hydrolysis) is 1. The lowest BCUT2D eigenvalue weighted by molar-refractivity contribution is -0.130. The van der Waals surface area contributed by atoms with Crippen molar-refractivity contribution in [3.63, 3.8) is 0 Å². The number of ether oxygens (including phenoxy) is 3. The molecule has 0 radical (unpaired) electrons. The highest BCUT2D eigenvalue weighted by Crippen LogP contribution is 2.64. The topological polar surface area (TPSA) is 80.4 Å². The van der Waals surface area contributed by atoms with Gasteiger partial charge in [0.05, 0.1) is 18.7 Å². The van der Waals surface area contributed by atoms with Crippen molar-refractivity contribution < 1.29 is 23.8 Å². The second-order valence-electron chi connectivity index (χ2n) is 9.02. The summed E-state index contributed by atoms with van der Waals surface area (Å²) in [4.78, 5) is 25.6. The van der Waals surface area contributed by atoms with Gasteiger partial charge in [-0.25, -0.2) is 4.79 Å². The monoisotopic (exact) mass is 486 g/mol. The fourth-order valence-corrected chi connectivity index (χ4v) is 5.27. The molecule has 1 N–H and O–H groups in total. The lowest BCUT2D eigenvalue weighted by Gasteiger charge is -2.33. The first-order valence-electron chi connectivity index (χ1n) is 11.6. The van der Waals surface area contributed by atoms with Gasteiger partial charge >= 0.3 is 6.09 Å². The van der Waals surface area contributed by atoms with E-state index in [0.717, 1.165) is 30.5 Å². The van der Waals surface area contributed by atoms with Crippen LogP contribution >= 0.6 is 11.6 Å². The Hall–Kier alpha value is -2.77. The minimum absolute atomic E-state index is 0.0400. The number of para-hydroxylation sites is 1. The first kappa shape index (κ1) is 24.4. The lowest BCUT2D eigenvalue weighted by Crippen LogP contribution is -2.46. The van der Waals surface area contributed by atoms with Crippen molar-refractivity contribution in [1.29, 1.82) is 0 Å². The number of benzene rings is 2. The normalized spacial score (nSPS) is 23.5. The molecular weight excluding hydrogens is 456 g/mol. The van der Waals surface area contributed by atoms with Gasteiger partial charge in [-0.15, -0.1) is 0 Å². The molecule has 0 aliphatic carbocycles. The number of methoxy groups -OCH3 is 1. The standard InChI is InChI=1S/C26H31ClN2O5/c1-18-8-4-9-20(16-18)33-23-21(10-5-11-22(23)27)26(13-6-14-28-24(31)32-3)25(34-26)12-7-15-29(17-25)19(2)30/h4-5,8-11,16H,6-7,12-15,17H2,1-3H3,(H,28,31)/t25-,26-/m1/s1. The number of nitrogens with one attached hydrogen (secondary N) is 1. The molecule has 8 heteroatoms. The van der Waals surface area contributed by atoms with Gasteiger partial charge in [0.25, 0.3) is 0 Å². The van der Waals surface area contributed by atoms with Gasteiger partial charge in [-0.1, -0.05) is 35.9 Å². The highest BCUT2D eigenvalue weighted by atomic mass is 35.5. The number of nitrogens with zero attached hydrogens (tertiary/aromatic N) is 1. The van der Waals surface area contributed by atoms with Crippen molar-refractivity contribution in [2.24, 2.45) is 0 Å². The molecule has 2 atom stereocenters. The fourth-order valence-electron chi connectivity index (χ4n) is 5.05. The predicted molar refractivity (Wildman–Crippen MR) is 129 cm³/mol. The number of epoxide rings is 1. The molecule has 2 aromatic rings. The van der Waals surface area contributed by atoms with E-state index in [-0.39, 0.29) is 5.91 Å². The van der Waals surface area contributed by atoms with E-state index in [1.54, 1.807) is 13.0 Å². The highest BCUT2D eigenvalue weighted by molar-refractivity contribution is 6.32. The molecule has 2 aromatic carbocycles. The van der Waals surface area contributed by atoms with Crippen molar-refractivity contribution in [1.82, 2.24) is 10.2 Å². The van der Waals surface area contributed by atoms with E-state index in [0.29, 0.717) is 42.5 Å². The summed E-state index contributed by atoms with van der Waals surface area (Å²) >= 11 is 6.66. The summed E-state index contributed by atoms with van der Waals surface area (Å²) in [6.07, 6.45) is 2.52. The zero-order valence-corrected chi connectivity index (χ0v) is 20.6. The number of hydrogen-bond donors (Lipinski definition) is 1. The van der Waals surface area contributed by atoms with Crippen LogP contribution in [0.3, 0.4) is 0 Å². The second-order valence-corrected chi connectivity index (χ2v) is 9.43. The molecule has 0 saturated carbocycles. The summed E-state index contributed by atoms with van der Waals surface area (Å²) in [5, 5.41) is 3.23. The maximum Gasteiger partial charge on any atom is 0.406 e. The van der Waals surface area contributed by atoms with Gasteiger partial charge in [0.2, 0.25) is 5.91 Å². The summed E-state index contributed by atoms with van der Waals surface area (Å²) in [5.74, 6) is 1.30. The summed E-state index contributed by atoms with van der Waals surface area (Å²) in [5.41, 5.74) is 0.754. The van der Waals surface area contributed by atoms with Crippen molar-refractivity contribution in [3.05, 3.63) is 58.6 Å². The van der Waals surface area contributed by atoms with Gasteiger partial charge in [-0.2, -0.15) is 0 Å². The Morgan fingerprint density at radius 1 is 1.24 bits per heavy atom. The van der Waals surface area contributed by atoms with Crippen LogP contribution in [0.15, 0.2) is 42.5 Å². The number of piperidine rings is 1. The number of likely N-dealkylation sites (tertiary alicyclic amines) is 1. The number of aryl methyl sites for hydroxylation is 1. The van der Waals surface area contributed by atoms with Crippen LogP contribution in [0, 0.1) is 6.92 Å². The Bertz CT molecular complexity index is 1080. The van der Waals surface area contributed by atoms with Gasteiger partial charge in [0, 0.05) is 25.6 Å². The number of amides is 2. The smallest absolute Gasteiger partial charge is 0.406 e. The van der Waals surface area contributed by atoms with E-state index >= 15 is 0 Å². The summed E-state index contributed by atoms with van der Waals surface area (Å²) in [6.45, 7) is 5.28. The number of rotatable bonds is 7. The number of carbonyl (C=O) groups is 2. The Morgan fingerprint density at radius 2 is 2.03 bits per heavy atom. The molecule has 182 valence electrons. The molecule has 2 fully saturated rings. The number of hydrogen-bond acceptors (Lipinski definition) is 5. The maximum atomic E-state index is 12.2. The molecule has 4 rings (SSSR count). The Labute approximate surface area is 205 Å². The Kier molecular flexibility index (Phi) is 7.05.